The van der Waals surface area contributed by atoms with Gasteiger partial charge in [-0.3, -0.25) is 9.52 Å². The van der Waals surface area contributed by atoms with E-state index in [4.69, 9.17) is 11.6 Å². The van der Waals surface area contributed by atoms with Crippen LogP contribution in [0.5, 0.6) is 0 Å². The van der Waals surface area contributed by atoms with Crippen molar-refractivity contribution >= 4 is 38.9 Å². The summed E-state index contributed by atoms with van der Waals surface area (Å²) in [4.78, 5) is 12.0. The summed E-state index contributed by atoms with van der Waals surface area (Å²) in [6.07, 6.45) is 0. The van der Waals surface area contributed by atoms with Gasteiger partial charge in [0.05, 0.1) is 26.9 Å². The minimum atomic E-state index is -4.00. The van der Waals surface area contributed by atoms with E-state index in [-0.39, 0.29) is 21.2 Å². The first-order valence-electron chi connectivity index (χ1n) is 8.63. The quantitative estimate of drug-likeness (QED) is 0.585. The lowest BCUT2D eigenvalue weighted by Crippen LogP contribution is -2.16. The van der Waals surface area contributed by atoms with Crippen LogP contribution in [0.4, 0.5) is 15.8 Å². The standard InChI is InChI=1S/C21H18ClFN2O3S/c1-13-6-5-9-19(14(13)2)25-29(27,28)15-10-11-20(18(23)12-15)24-21(26)16-7-3-4-8-17(16)22/h3-12,25H,1-2H3,(H,24,26). The van der Waals surface area contributed by atoms with Crippen LogP contribution in [0.15, 0.2) is 65.6 Å². The average Bonchev–Trinajstić information content (AvgIpc) is 2.67. The topological polar surface area (TPSA) is 75.3 Å². The predicted octanol–water partition coefficient (Wildman–Crippen LogP) is 5.15. The molecule has 0 radical (unpaired) electrons. The number of carbonyl (C=O) groups is 1. The van der Waals surface area contributed by atoms with Crippen molar-refractivity contribution in [3.63, 3.8) is 0 Å². The molecule has 0 aliphatic rings. The molecule has 5 nitrogen and oxygen atoms in total. The fourth-order valence-electron chi connectivity index (χ4n) is 2.66. The lowest BCUT2D eigenvalue weighted by atomic mass is 10.1. The van der Waals surface area contributed by atoms with E-state index < -0.39 is 21.7 Å². The first-order chi connectivity index (χ1) is 13.7. The molecule has 3 aromatic rings. The molecule has 8 heteroatoms. The van der Waals surface area contributed by atoms with Crippen LogP contribution in [0, 0.1) is 19.7 Å². The molecule has 3 aromatic carbocycles. The molecular formula is C21H18ClFN2O3S. The minimum Gasteiger partial charge on any atom is -0.319 e. The first kappa shape index (κ1) is 20.8. The van der Waals surface area contributed by atoms with Crippen molar-refractivity contribution < 1.29 is 17.6 Å². The average molecular weight is 433 g/mol. The second kappa shape index (κ2) is 8.23. The molecule has 1 amide bonds. The monoisotopic (exact) mass is 432 g/mol. The fourth-order valence-corrected chi connectivity index (χ4v) is 4.02. The Hall–Kier alpha value is -2.90. The van der Waals surface area contributed by atoms with Gasteiger partial charge in [-0.05, 0) is 61.4 Å². The van der Waals surface area contributed by atoms with Crippen molar-refractivity contribution in [2.75, 3.05) is 10.0 Å². The highest BCUT2D eigenvalue weighted by atomic mass is 35.5. The summed E-state index contributed by atoms with van der Waals surface area (Å²) >= 11 is 5.97. The van der Waals surface area contributed by atoms with Gasteiger partial charge in [-0.2, -0.15) is 0 Å². The van der Waals surface area contributed by atoms with Crippen molar-refractivity contribution in [3.8, 4) is 0 Å². The van der Waals surface area contributed by atoms with Crippen molar-refractivity contribution in [3.05, 3.63) is 88.2 Å². The maximum atomic E-state index is 14.5. The van der Waals surface area contributed by atoms with Gasteiger partial charge in [0.25, 0.3) is 15.9 Å². The van der Waals surface area contributed by atoms with Crippen LogP contribution >= 0.6 is 11.6 Å². The van der Waals surface area contributed by atoms with Crippen molar-refractivity contribution in [2.45, 2.75) is 18.7 Å². The van der Waals surface area contributed by atoms with Gasteiger partial charge in [0, 0.05) is 0 Å². The van der Waals surface area contributed by atoms with Gasteiger partial charge in [0.15, 0.2) is 0 Å². The van der Waals surface area contributed by atoms with Crippen LogP contribution in [0.3, 0.4) is 0 Å². The Morgan fingerprint density at radius 3 is 2.38 bits per heavy atom. The van der Waals surface area contributed by atoms with Gasteiger partial charge < -0.3 is 5.32 Å². The predicted molar refractivity (Wildman–Crippen MR) is 113 cm³/mol. The van der Waals surface area contributed by atoms with E-state index in [9.17, 15) is 17.6 Å². The lowest BCUT2D eigenvalue weighted by molar-refractivity contribution is 0.102. The molecule has 0 unspecified atom stereocenters. The molecule has 0 aliphatic carbocycles. The lowest BCUT2D eigenvalue weighted by Gasteiger charge is -2.13. The van der Waals surface area contributed by atoms with Crippen LogP contribution < -0.4 is 10.0 Å². The Balaban J connectivity index is 1.84. The highest BCUT2D eigenvalue weighted by Gasteiger charge is 2.19. The molecule has 3 rings (SSSR count). The molecule has 0 saturated carbocycles. The molecule has 150 valence electrons. The first-order valence-corrected chi connectivity index (χ1v) is 10.5. The van der Waals surface area contributed by atoms with Crippen LogP contribution in [0.1, 0.15) is 21.5 Å². The van der Waals surface area contributed by atoms with Gasteiger partial charge in [-0.15, -0.1) is 0 Å². The number of nitrogens with one attached hydrogen (secondary N) is 2. The van der Waals surface area contributed by atoms with Gasteiger partial charge in [0.1, 0.15) is 5.82 Å². The van der Waals surface area contributed by atoms with E-state index in [1.165, 1.54) is 18.2 Å². The molecule has 0 spiro atoms. The summed E-state index contributed by atoms with van der Waals surface area (Å²) in [5.41, 5.74) is 2.15. The minimum absolute atomic E-state index is 0.152. The Morgan fingerprint density at radius 2 is 1.69 bits per heavy atom. The van der Waals surface area contributed by atoms with Crippen LogP contribution in [-0.4, -0.2) is 14.3 Å². The van der Waals surface area contributed by atoms with Crippen molar-refractivity contribution in [1.82, 2.24) is 0 Å². The van der Waals surface area contributed by atoms with Gasteiger partial charge in [-0.25, -0.2) is 12.8 Å². The van der Waals surface area contributed by atoms with E-state index in [2.05, 4.69) is 10.0 Å². The van der Waals surface area contributed by atoms with Crippen LogP contribution in [0.25, 0.3) is 0 Å². The smallest absolute Gasteiger partial charge is 0.262 e. The van der Waals surface area contributed by atoms with E-state index in [0.29, 0.717) is 5.69 Å². The fraction of sp³-hybridized carbons (Fsp3) is 0.0952. The van der Waals surface area contributed by atoms with Gasteiger partial charge in [0.2, 0.25) is 0 Å². The summed E-state index contributed by atoms with van der Waals surface area (Å²) in [6, 6.07) is 14.8. The number of benzene rings is 3. The van der Waals surface area contributed by atoms with E-state index in [1.807, 2.05) is 13.0 Å². The van der Waals surface area contributed by atoms with Crippen LogP contribution in [-0.2, 0) is 10.0 Å². The molecule has 0 fully saturated rings. The maximum Gasteiger partial charge on any atom is 0.262 e. The molecular weight excluding hydrogens is 415 g/mol. The molecule has 2 N–H and O–H groups in total. The molecule has 0 bridgehead atoms. The SMILES string of the molecule is Cc1cccc(NS(=O)(=O)c2ccc(NC(=O)c3ccccc3Cl)c(F)c2)c1C. The number of hydrogen-bond acceptors (Lipinski definition) is 3. The summed E-state index contributed by atoms with van der Waals surface area (Å²) < 4.78 is 42.2. The summed E-state index contributed by atoms with van der Waals surface area (Å²) in [5, 5.41) is 2.62. The number of hydrogen-bond donors (Lipinski definition) is 2. The molecule has 0 aliphatic heterocycles. The summed E-state index contributed by atoms with van der Waals surface area (Å²) in [5.74, 6) is -1.48. The van der Waals surface area contributed by atoms with E-state index in [1.54, 1.807) is 37.3 Å². The molecule has 0 aromatic heterocycles. The second-order valence-electron chi connectivity index (χ2n) is 6.43. The van der Waals surface area contributed by atoms with Crippen LogP contribution in [0.2, 0.25) is 5.02 Å². The zero-order valence-electron chi connectivity index (χ0n) is 15.7. The highest BCUT2D eigenvalue weighted by molar-refractivity contribution is 7.92. The molecule has 29 heavy (non-hydrogen) atoms. The molecule has 0 heterocycles. The Kier molecular flexibility index (Phi) is 5.91. The third-order valence-electron chi connectivity index (χ3n) is 4.47. The van der Waals surface area contributed by atoms with E-state index >= 15 is 0 Å². The second-order valence-corrected chi connectivity index (χ2v) is 8.52. The number of sulfonamides is 1. The highest BCUT2D eigenvalue weighted by Crippen LogP contribution is 2.25. The van der Waals surface area contributed by atoms with Gasteiger partial charge in [-0.1, -0.05) is 35.9 Å². The summed E-state index contributed by atoms with van der Waals surface area (Å²) in [7, 11) is -4.00. The van der Waals surface area contributed by atoms with Crippen molar-refractivity contribution in [2.24, 2.45) is 0 Å². The largest absolute Gasteiger partial charge is 0.319 e. The molecule has 0 atom stereocenters. The third kappa shape index (κ3) is 4.58. The van der Waals surface area contributed by atoms with E-state index in [0.717, 1.165) is 17.2 Å². The number of halogens is 2. The normalized spacial score (nSPS) is 11.2. The maximum absolute atomic E-state index is 14.5. The Bertz CT molecular complexity index is 1200. The number of carbonyl (C=O) groups excluding carboxylic acids is 1. The Morgan fingerprint density at radius 1 is 0.966 bits per heavy atom. The zero-order valence-corrected chi connectivity index (χ0v) is 17.2. The third-order valence-corrected chi connectivity index (χ3v) is 6.16. The zero-order chi connectivity index (χ0) is 21.2. The Labute approximate surface area is 173 Å². The molecule has 0 saturated heterocycles. The number of aryl methyl sites for hydroxylation is 1. The number of rotatable bonds is 5. The van der Waals surface area contributed by atoms with Crippen molar-refractivity contribution in [1.29, 1.82) is 0 Å². The number of anilines is 2. The van der Waals surface area contributed by atoms with Gasteiger partial charge >= 0.3 is 0 Å². The summed E-state index contributed by atoms with van der Waals surface area (Å²) in [6.45, 7) is 3.66. The number of amides is 1.